The molecular formula is C10H9BrF2N2O. The van der Waals surface area contributed by atoms with Crippen LogP contribution in [0.1, 0.15) is 23.2 Å². The van der Waals surface area contributed by atoms with Crippen molar-refractivity contribution in [3.05, 3.63) is 22.9 Å². The van der Waals surface area contributed by atoms with Crippen molar-refractivity contribution in [1.29, 1.82) is 5.26 Å². The van der Waals surface area contributed by atoms with E-state index < -0.39 is 6.43 Å². The van der Waals surface area contributed by atoms with Gasteiger partial charge in [-0.05, 0) is 5.56 Å². The summed E-state index contributed by atoms with van der Waals surface area (Å²) in [6, 6.07) is 3.22. The minimum atomic E-state index is -2.64. The van der Waals surface area contributed by atoms with Crippen LogP contribution in [0.3, 0.4) is 0 Å². The first kappa shape index (κ1) is 12.8. The number of methoxy groups -OCH3 is 1. The van der Waals surface area contributed by atoms with Crippen molar-refractivity contribution in [2.24, 2.45) is 0 Å². The van der Waals surface area contributed by atoms with Crippen LogP contribution in [0.5, 0.6) is 5.88 Å². The molecule has 0 fully saturated rings. The third-order valence-corrected chi connectivity index (χ3v) is 2.55. The molecule has 1 heterocycles. The smallest absolute Gasteiger partial charge is 0.265 e. The molecule has 0 aromatic carbocycles. The lowest BCUT2D eigenvalue weighted by atomic mass is 10.0. The second-order valence-electron chi connectivity index (χ2n) is 2.95. The summed E-state index contributed by atoms with van der Waals surface area (Å²) in [5, 5.41) is 8.78. The van der Waals surface area contributed by atoms with Crippen molar-refractivity contribution in [1.82, 2.24) is 4.98 Å². The zero-order valence-electron chi connectivity index (χ0n) is 8.51. The second kappa shape index (κ2) is 5.75. The standard InChI is InChI=1S/C10H9BrF2N2O/c1-16-8-4-6(2-3-14)9(10(12)13)7(5-11)15-8/h4,10H,2,5H2,1H3. The van der Waals surface area contributed by atoms with Crippen LogP contribution >= 0.6 is 15.9 Å². The highest BCUT2D eigenvalue weighted by Gasteiger charge is 2.20. The first-order valence-electron chi connectivity index (χ1n) is 4.41. The Hall–Kier alpha value is -1.22. The Morgan fingerprint density at radius 1 is 1.62 bits per heavy atom. The lowest BCUT2D eigenvalue weighted by Crippen LogP contribution is -2.04. The van der Waals surface area contributed by atoms with Crippen molar-refractivity contribution < 1.29 is 13.5 Å². The number of rotatable bonds is 4. The van der Waals surface area contributed by atoms with E-state index in [2.05, 4.69) is 20.9 Å². The van der Waals surface area contributed by atoms with Gasteiger partial charge >= 0.3 is 0 Å². The number of alkyl halides is 3. The molecule has 0 radical (unpaired) electrons. The number of ether oxygens (including phenoxy) is 1. The average molecular weight is 291 g/mol. The summed E-state index contributed by atoms with van der Waals surface area (Å²) in [4.78, 5) is 3.92. The van der Waals surface area contributed by atoms with Gasteiger partial charge in [0.1, 0.15) is 0 Å². The molecule has 0 aliphatic heterocycles. The van der Waals surface area contributed by atoms with E-state index in [9.17, 15) is 8.78 Å². The Balaban J connectivity index is 3.36. The summed E-state index contributed by atoms with van der Waals surface area (Å²) < 4.78 is 30.5. The molecule has 1 aromatic heterocycles. The Morgan fingerprint density at radius 2 is 2.31 bits per heavy atom. The largest absolute Gasteiger partial charge is 0.481 e. The third kappa shape index (κ3) is 2.67. The topological polar surface area (TPSA) is 45.9 Å². The van der Waals surface area contributed by atoms with Gasteiger partial charge in [-0.2, -0.15) is 5.26 Å². The van der Waals surface area contributed by atoms with E-state index in [0.717, 1.165) is 0 Å². The predicted molar refractivity (Wildman–Crippen MR) is 57.7 cm³/mol. The fraction of sp³-hybridized carbons (Fsp3) is 0.400. The van der Waals surface area contributed by atoms with E-state index in [1.54, 1.807) is 0 Å². The number of halogens is 3. The normalized spacial score (nSPS) is 10.2. The molecule has 0 aliphatic carbocycles. The molecule has 0 atom stereocenters. The summed E-state index contributed by atoms with van der Waals surface area (Å²) in [6.07, 6.45) is -2.73. The SMILES string of the molecule is COc1cc(CC#N)c(C(F)F)c(CBr)n1. The summed E-state index contributed by atoms with van der Waals surface area (Å²) >= 11 is 3.09. The Labute approximate surface area is 100 Å². The summed E-state index contributed by atoms with van der Waals surface area (Å²) in [7, 11) is 1.40. The molecule has 0 saturated heterocycles. The molecule has 6 heteroatoms. The highest BCUT2D eigenvalue weighted by molar-refractivity contribution is 9.08. The van der Waals surface area contributed by atoms with Gasteiger partial charge in [-0.3, -0.25) is 0 Å². The zero-order valence-corrected chi connectivity index (χ0v) is 10.1. The highest BCUT2D eigenvalue weighted by Crippen LogP contribution is 2.30. The van der Waals surface area contributed by atoms with E-state index in [0.29, 0.717) is 0 Å². The van der Waals surface area contributed by atoms with Crippen LogP contribution in [-0.2, 0) is 11.8 Å². The van der Waals surface area contributed by atoms with Gasteiger partial charge < -0.3 is 4.74 Å². The summed E-state index contributed by atoms with van der Waals surface area (Å²) in [6.45, 7) is 0. The maximum atomic E-state index is 12.8. The van der Waals surface area contributed by atoms with E-state index in [4.69, 9.17) is 10.00 Å². The van der Waals surface area contributed by atoms with Gasteiger partial charge in [0.05, 0.1) is 25.3 Å². The van der Waals surface area contributed by atoms with Crippen LogP contribution in [-0.4, -0.2) is 12.1 Å². The first-order valence-corrected chi connectivity index (χ1v) is 5.54. The first-order chi connectivity index (χ1) is 7.63. The molecule has 1 aromatic rings. The Bertz CT molecular complexity index is 418. The van der Waals surface area contributed by atoms with Crippen molar-refractivity contribution in [2.45, 2.75) is 18.2 Å². The lowest BCUT2D eigenvalue weighted by Gasteiger charge is -2.12. The van der Waals surface area contributed by atoms with Gasteiger partial charge in [-0.1, -0.05) is 15.9 Å². The number of aromatic nitrogens is 1. The van der Waals surface area contributed by atoms with E-state index in [-0.39, 0.29) is 34.5 Å². The number of hydrogen-bond acceptors (Lipinski definition) is 3. The molecule has 0 spiro atoms. The summed E-state index contributed by atoms with van der Waals surface area (Å²) in [5.41, 5.74) is 0.289. The van der Waals surface area contributed by atoms with Gasteiger partial charge in [-0.15, -0.1) is 0 Å². The number of hydrogen-bond donors (Lipinski definition) is 0. The Morgan fingerprint density at radius 3 is 2.75 bits per heavy atom. The van der Waals surface area contributed by atoms with Gasteiger partial charge in [0.25, 0.3) is 6.43 Å². The average Bonchev–Trinajstić information content (AvgIpc) is 2.27. The molecule has 16 heavy (non-hydrogen) atoms. The fourth-order valence-corrected chi connectivity index (χ4v) is 1.77. The monoisotopic (exact) mass is 290 g/mol. The minimum Gasteiger partial charge on any atom is -0.481 e. The molecule has 0 unspecified atom stereocenters. The molecule has 0 bridgehead atoms. The van der Waals surface area contributed by atoms with Crippen LogP contribution in [0, 0.1) is 11.3 Å². The molecule has 0 aliphatic rings. The maximum Gasteiger partial charge on any atom is 0.265 e. The van der Waals surface area contributed by atoms with Gasteiger partial charge in [0.2, 0.25) is 5.88 Å². The zero-order chi connectivity index (χ0) is 12.1. The van der Waals surface area contributed by atoms with E-state index in [1.165, 1.54) is 13.2 Å². The lowest BCUT2D eigenvalue weighted by molar-refractivity contribution is 0.149. The number of nitrogens with zero attached hydrogens (tertiary/aromatic N) is 2. The van der Waals surface area contributed by atoms with Crippen molar-refractivity contribution >= 4 is 15.9 Å². The molecular weight excluding hydrogens is 282 g/mol. The molecule has 0 amide bonds. The van der Waals surface area contributed by atoms with Crippen LogP contribution in [0.4, 0.5) is 8.78 Å². The van der Waals surface area contributed by atoms with Crippen LogP contribution in [0.15, 0.2) is 6.07 Å². The van der Waals surface area contributed by atoms with E-state index in [1.807, 2.05) is 6.07 Å². The molecule has 3 nitrogen and oxygen atoms in total. The fourth-order valence-electron chi connectivity index (χ4n) is 1.34. The highest BCUT2D eigenvalue weighted by atomic mass is 79.9. The molecule has 1 rings (SSSR count). The third-order valence-electron chi connectivity index (χ3n) is 2.02. The van der Waals surface area contributed by atoms with Crippen LogP contribution in [0.25, 0.3) is 0 Å². The quantitative estimate of drug-likeness (QED) is 0.801. The van der Waals surface area contributed by atoms with Crippen LogP contribution < -0.4 is 4.74 Å². The van der Waals surface area contributed by atoms with Crippen molar-refractivity contribution in [3.8, 4) is 11.9 Å². The molecule has 86 valence electrons. The maximum absolute atomic E-state index is 12.8. The predicted octanol–water partition coefficient (Wildman–Crippen LogP) is 2.99. The van der Waals surface area contributed by atoms with Crippen LogP contribution in [0.2, 0.25) is 0 Å². The van der Waals surface area contributed by atoms with Crippen molar-refractivity contribution in [3.63, 3.8) is 0 Å². The number of pyridine rings is 1. The Kier molecular flexibility index (Phi) is 4.62. The number of nitriles is 1. The molecule has 0 N–H and O–H groups in total. The van der Waals surface area contributed by atoms with Gasteiger partial charge in [-0.25, -0.2) is 13.8 Å². The van der Waals surface area contributed by atoms with Gasteiger partial charge in [0, 0.05) is 17.0 Å². The van der Waals surface area contributed by atoms with Gasteiger partial charge in [0.15, 0.2) is 0 Å². The minimum absolute atomic E-state index is 0.0848. The molecule has 0 saturated carbocycles. The second-order valence-corrected chi connectivity index (χ2v) is 3.51. The summed E-state index contributed by atoms with van der Waals surface area (Å²) in [5.74, 6) is 0.240. The van der Waals surface area contributed by atoms with E-state index >= 15 is 0 Å². The van der Waals surface area contributed by atoms with Crippen molar-refractivity contribution in [2.75, 3.05) is 7.11 Å².